The predicted octanol–water partition coefficient (Wildman–Crippen LogP) is 2.33. The van der Waals surface area contributed by atoms with Crippen LogP contribution in [0.1, 0.15) is 36.7 Å². The summed E-state index contributed by atoms with van der Waals surface area (Å²) >= 11 is 0. The fraction of sp³-hybridized carbons (Fsp3) is 0.565. The van der Waals surface area contributed by atoms with Crippen LogP contribution in [-0.4, -0.2) is 82.2 Å². The van der Waals surface area contributed by atoms with Crippen LogP contribution in [0.5, 0.6) is 0 Å². The second-order valence-corrected chi connectivity index (χ2v) is 7.51. The van der Waals surface area contributed by atoms with Crippen molar-refractivity contribution in [2.45, 2.75) is 26.4 Å². The van der Waals surface area contributed by atoms with Crippen LogP contribution in [0.4, 0.5) is 4.79 Å². The normalized spacial score (nSPS) is 10.8. The van der Waals surface area contributed by atoms with Gasteiger partial charge in [-0.05, 0) is 39.0 Å². The molecule has 9 heteroatoms. The number of amides is 1. The van der Waals surface area contributed by atoms with Gasteiger partial charge in [-0.2, -0.15) is 0 Å². The number of carbonyl (C=O) groups excluding carboxylic acids is 1. The lowest BCUT2D eigenvalue weighted by molar-refractivity contribution is 0.00125. The lowest BCUT2D eigenvalue weighted by Crippen LogP contribution is -2.34. The van der Waals surface area contributed by atoms with Gasteiger partial charge in [-0.25, -0.2) is 9.59 Å². The van der Waals surface area contributed by atoms with E-state index in [9.17, 15) is 9.59 Å². The van der Waals surface area contributed by atoms with Gasteiger partial charge in [-0.15, -0.1) is 0 Å². The largest absolute Gasteiger partial charge is 0.478 e. The van der Waals surface area contributed by atoms with Crippen LogP contribution in [0.25, 0.3) is 0 Å². The topological polar surface area (TPSA) is 113 Å². The van der Waals surface area contributed by atoms with Gasteiger partial charge in [-0.1, -0.05) is 17.9 Å². The van der Waals surface area contributed by atoms with Crippen molar-refractivity contribution in [3.8, 4) is 11.8 Å². The van der Waals surface area contributed by atoms with E-state index in [1.807, 2.05) is 0 Å². The first kappa shape index (κ1) is 27.4. The molecule has 178 valence electrons. The molecule has 0 saturated carbocycles. The molecule has 0 fully saturated rings. The maximum absolute atomic E-state index is 11.4. The number of carboxylic acid groups (broad SMARTS) is 1. The Morgan fingerprint density at radius 1 is 0.938 bits per heavy atom. The van der Waals surface area contributed by atoms with E-state index in [0.29, 0.717) is 58.4 Å². The molecule has 0 heterocycles. The van der Waals surface area contributed by atoms with Crippen LogP contribution < -0.4 is 5.32 Å². The van der Waals surface area contributed by atoms with Crippen LogP contribution >= 0.6 is 0 Å². The van der Waals surface area contributed by atoms with Gasteiger partial charge in [0.1, 0.15) is 12.2 Å². The molecule has 0 aliphatic rings. The highest BCUT2D eigenvalue weighted by molar-refractivity contribution is 5.88. The van der Waals surface area contributed by atoms with Crippen molar-refractivity contribution in [2.75, 3.05) is 59.4 Å². The fourth-order valence-corrected chi connectivity index (χ4v) is 2.19. The van der Waals surface area contributed by atoms with Crippen LogP contribution in [-0.2, 0) is 23.7 Å². The maximum atomic E-state index is 11.4. The molecule has 0 spiro atoms. The SMILES string of the molecule is CC(C)(C)OC(=O)NCCOCCOCCOCCOCC#Cc1cccc(C(=O)O)c1. The maximum Gasteiger partial charge on any atom is 0.407 e. The van der Waals surface area contributed by atoms with Crippen molar-refractivity contribution >= 4 is 12.1 Å². The van der Waals surface area contributed by atoms with Crippen molar-refractivity contribution in [2.24, 2.45) is 0 Å². The number of benzene rings is 1. The van der Waals surface area contributed by atoms with Crippen LogP contribution in [0, 0.1) is 11.8 Å². The summed E-state index contributed by atoms with van der Waals surface area (Å²) in [6.45, 7) is 8.97. The molecule has 0 atom stereocenters. The van der Waals surface area contributed by atoms with Crippen molar-refractivity contribution in [3.05, 3.63) is 35.4 Å². The van der Waals surface area contributed by atoms with E-state index in [0.717, 1.165) is 0 Å². The molecule has 0 unspecified atom stereocenters. The molecular weight excluding hydrogens is 418 g/mol. The summed E-state index contributed by atoms with van der Waals surface area (Å²) in [6, 6.07) is 6.43. The molecule has 2 N–H and O–H groups in total. The number of carbonyl (C=O) groups is 2. The average Bonchev–Trinajstić information content (AvgIpc) is 2.72. The Bertz CT molecular complexity index is 748. The van der Waals surface area contributed by atoms with E-state index >= 15 is 0 Å². The Kier molecular flexibility index (Phi) is 13.7. The molecule has 0 aliphatic carbocycles. The minimum absolute atomic E-state index is 0.204. The third kappa shape index (κ3) is 15.2. The first-order valence-electron chi connectivity index (χ1n) is 10.4. The summed E-state index contributed by atoms with van der Waals surface area (Å²) in [4.78, 5) is 22.3. The zero-order valence-electron chi connectivity index (χ0n) is 19.0. The summed E-state index contributed by atoms with van der Waals surface area (Å²) in [6.07, 6.45) is -0.462. The van der Waals surface area contributed by atoms with E-state index < -0.39 is 17.7 Å². The van der Waals surface area contributed by atoms with Crippen molar-refractivity contribution < 1.29 is 38.4 Å². The summed E-state index contributed by atoms with van der Waals surface area (Å²) in [5.74, 6) is 4.71. The smallest absolute Gasteiger partial charge is 0.407 e. The highest BCUT2D eigenvalue weighted by Gasteiger charge is 2.15. The van der Waals surface area contributed by atoms with Crippen LogP contribution in [0.15, 0.2) is 24.3 Å². The summed E-state index contributed by atoms with van der Waals surface area (Å²) in [5, 5.41) is 11.5. The number of rotatable bonds is 14. The molecule has 1 aromatic rings. The van der Waals surface area contributed by atoms with Crippen molar-refractivity contribution in [1.29, 1.82) is 0 Å². The van der Waals surface area contributed by atoms with E-state index in [-0.39, 0.29) is 12.2 Å². The average molecular weight is 452 g/mol. The zero-order valence-corrected chi connectivity index (χ0v) is 19.0. The molecular formula is C23H33NO8. The molecule has 0 bridgehead atoms. The second-order valence-electron chi connectivity index (χ2n) is 7.51. The molecule has 1 rings (SSSR count). The second kappa shape index (κ2) is 16.1. The van der Waals surface area contributed by atoms with Crippen LogP contribution in [0.2, 0.25) is 0 Å². The number of hydrogen-bond acceptors (Lipinski definition) is 7. The summed E-state index contributed by atoms with van der Waals surface area (Å²) < 4.78 is 26.6. The monoisotopic (exact) mass is 451 g/mol. The Morgan fingerprint density at radius 3 is 2.12 bits per heavy atom. The molecule has 1 aromatic carbocycles. The quantitative estimate of drug-likeness (QED) is 0.327. The highest BCUT2D eigenvalue weighted by Crippen LogP contribution is 2.06. The van der Waals surface area contributed by atoms with E-state index in [4.69, 9.17) is 28.8 Å². The van der Waals surface area contributed by atoms with E-state index in [1.54, 1.807) is 32.9 Å². The molecule has 1 amide bonds. The number of hydrogen-bond donors (Lipinski definition) is 2. The molecule has 0 aromatic heterocycles. The third-order valence-electron chi connectivity index (χ3n) is 3.55. The fourth-order valence-electron chi connectivity index (χ4n) is 2.19. The minimum Gasteiger partial charge on any atom is -0.478 e. The first-order valence-corrected chi connectivity index (χ1v) is 10.4. The molecule has 0 radical (unpaired) electrons. The van der Waals surface area contributed by atoms with Gasteiger partial charge in [0, 0.05) is 12.1 Å². The molecule has 0 saturated heterocycles. The Hall–Kier alpha value is -2.64. The number of aromatic carboxylic acids is 1. The Balaban J connectivity index is 1.88. The summed E-state index contributed by atoms with van der Waals surface area (Å²) in [5.41, 5.74) is 0.319. The van der Waals surface area contributed by atoms with E-state index in [1.165, 1.54) is 12.1 Å². The lowest BCUT2D eigenvalue weighted by atomic mass is 10.1. The summed E-state index contributed by atoms with van der Waals surface area (Å²) in [7, 11) is 0. The molecule has 0 aliphatic heterocycles. The minimum atomic E-state index is -0.980. The van der Waals surface area contributed by atoms with Crippen molar-refractivity contribution in [3.63, 3.8) is 0 Å². The van der Waals surface area contributed by atoms with Gasteiger partial charge in [0.05, 0.1) is 51.8 Å². The number of carboxylic acids is 1. The third-order valence-corrected chi connectivity index (χ3v) is 3.55. The van der Waals surface area contributed by atoms with Crippen LogP contribution in [0.3, 0.4) is 0 Å². The van der Waals surface area contributed by atoms with Gasteiger partial charge in [0.15, 0.2) is 0 Å². The van der Waals surface area contributed by atoms with Crippen molar-refractivity contribution in [1.82, 2.24) is 5.32 Å². The van der Waals surface area contributed by atoms with Gasteiger partial charge in [-0.3, -0.25) is 0 Å². The first-order chi connectivity index (χ1) is 15.3. The molecule has 32 heavy (non-hydrogen) atoms. The van der Waals surface area contributed by atoms with Gasteiger partial charge in [0.2, 0.25) is 0 Å². The molecule has 9 nitrogen and oxygen atoms in total. The van der Waals surface area contributed by atoms with Gasteiger partial charge < -0.3 is 34.1 Å². The zero-order chi connectivity index (χ0) is 23.7. The Labute approximate surface area is 189 Å². The predicted molar refractivity (Wildman–Crippen MR) is 118 cm³/mol. The lowest BCUT2D eigenvalue weighted by Gasteiger charge is -2.19. The highest BCUT2D eigenvalue weighted by atomic mass is 16.6. The number of ether oxygens (including phenoxy) is 5. The number of alkyl carbamates (subject to hydrolysis) is 1. The van der Waals surface area contributed by atoms with E-state index in [2.05, 4.69) is 17.2 Å². The van der Waals surface area contributed by atoms with Gasteiger partial charge >= 0.3 is 12.1 Å². The van der Waals surface area contributed by atoms with Gasteiger partial charge in [0.25, 0.3) is 0 Å². The Morgan fingerprint density at radius 2 is 1.53 bits per heavy atom. The number of nitrogens with one attached hydrogen (secondary N) is 1. The standard InChI is InChI=1S/C23H33NO8/c1-23(2,3)32-22(27)24-9-11-29-13-15-31-17-16-30-14-12-28-10-5-7-19-6-4-8-20(18-19)21(25)26/h4,6,8,18H,9-17H2,1-3H3,(H,24,27)(H,25,26).